The number of nitrogen functional groups attached to an aromatic ring is 1. The molecule has 1 aromatic carbocycles. The van der Waals surface area contributed by atoms with E-state index in [1.54, 1.807) is 0 Å². The Morgan fingerprint density at radius 1 is 1.35 bits per heavy atom. The number of methoxy groups -OCH3 is 2. The van der Waals surface area contributed by atoms with Crippen LogP contribution in [0.5, 0.6) is 5.75 Å². The van der Waals surface area contributed by atoms with Crippen LogP contribution in [0.15, 0.2) is 12.1 Å². The molecule has 0 saturated heterocycles. The topological polar surface area (TPSA) is 61.5 Å². The standard InChI is InChI=1S/C9H10ClNO3.2ClH.Sn/c1-13-8-4-6(10)5(3-7(8)11)9(12)14-2;;;/h3-4H,11H2,1-2H3;2*1H;/q;;;+2/p-2. The second-order valence-electron chi connectivity index (χ2n) is 2.64. The first-order valence-corrected chi connectivity index (χ1v) is 11.8. The summed E-state index contributed by atoms with van der Waals surface area (Å²) >= 11 is 4.99. The molecule has 0 amide bonds. The molecule has 94 valence electrons. The third kappa shape index (κ3) is 5.42. The summed E-state index contributed by atoms with van der Waals surface area (Å²) < 4.78 is 9.46. The van der Waals surface area contributed by atoms with Crippen molar-refractivity contribution in [3.63, 3.8) is 0 Å². The van der Waals surface area contributed by atoms with Gasteiger partial charge in [0.25, 0.3) is 0 Å². The first-order valence-electron chi connectivity index (χ1n) is 4.19. The molecule has 2 radical (unpaired) electrons. The fraction of sp³-hybridized carbons (Fsp3) is 0.222. The zero-order chi connectivity index (χ0) is 13.4. The number of benzene rings is 1. The first-order chi connectivity index (χ1) is 8.01. The molecule has 1 aromatic rings. The molecule has 1 rings (SSSR count). The predicted molar refractivity (Wildman–Crippen MR) is 71.2 cm³/mol. The summed E-state index contributed by atoms with van der Waals surface area (Å²) in [4.78, 5) is 11.2. The molecule has 0 aromatic heterocycles. The predicted octanol–water partition coefficient (Wildman–Crippen LogP) is 2.72. The third-order valence-corrected chi connectivity index (χ3v) is 2.04. The molecule has 0 aliphatic rings. The van der Waals surface area contributed by atoms with E-state index in [-0.39, 0.29) is 10.6 Å². The molecule has 0 saturated carbocycles. The zero-order valence-electron chi connectivity index (χ0n) is 9.09. The molecule has 4 nitrogen and oxygen atoms in total. The van der Waals surface area contributed by atoms with Crippen LogP contribution in [-0.2, 0) is 4.74 Å². The van der Waals surface area contributed by atoms with Crippen LogP contribution < -0.4 is 10.5 Å². The molecular weight excluding hydrogens is 395 g/mol. The van der Waals surface area contributed by atoms with Crippen LogP contribution in [0.2, 0.25) is 5.02 Å². The maximum atomic E-state index is 11.2. The molecule has 0 fully saturated rings. The second-order valence-corrected chi connectivity index (χ2v) is 7.29. The van der Waals surface area contributed by atoms with Crippen molar-refractivity contribution in [2.24, 2.45) is 0 Å². The normalized spacial score (nSPS) is 9.00. The van der Waals surface area contributed by atoms with Gasteiger partial charge in [-0.05, 0) is 6.07 Å². The Bertz CT molecular complexity index is 390. The van der Waals surface area contributed by atoms with Gasteiger partial charge in [0, 0.05) is 6.07 Å². The van der Waals surface area contributed by atoms with Gasteiger partial charge in [0.05, 0.1) is 30.5 Å². The first kappa shape index (κ1) is 17.0. The van der Waals surface area contributed by atoms with Crippen LogP contribution in [0.25, 0.3) is 0 Å². The molecule has 0 atom stereocenters. The van der Waals surface area contributed by atoms with Gasteiger partial charge in [-0.3, -0.25) is 0 Å². The van der Waals surface area contributed by atoms with Crippen molar-refractivity contribution in [2.75, 3.05) is 20.0 Å². The summed E-state index contributed by atoms with van der Waals surface area (Å²) in [6, 6.07) is 2.90. The number of halogens is 3. The van der Waals surface area contributed by atoms with Gasteiger partial charge >= 0.3 is 42.7 Å². The van der Waals surface area contributed by atoms with E-state index in [9.17, 15) is 4.79 Å². The van der Waals surface area contributed by atoms with Crippen LogP contribution >= 0.6 is 29.4 Å². The fourth-order valence-electron chi connectivity index (χ4n) is 1.01. The van der Waals surface area contributed by atoms with E-state index < -0.39 is 24.9 Å². The fourth-order valence-corrected chi connectivity index (χ4v) is 1.25. The molecule has 17 heavy (non-hydrogen) atoms. The third-order valence-electron chi connectivity index (χ3n) is 1.72. The number of ether oxygens (including phenoxy) is 2. The van der Waals surface area contributed by atoms with E-state index in [1.807, 2.05) is 0 Å². The quantitative estimate of drug-likeness (QED) is 0.467. The van der Waals surface area contributed by atoms with Crippen LogP contribution in [0.4, 0.5) is 5.69 Å². The summed E-state index contributed by atoms with van der Waals surface area (Å²) in [5.41, 5.74) is 6.18. The molecule has 0 heterocycles. The molecule has 0 aliphatic heterocycles. The average molecular weight is 405 g/mol. The summed E-state index contributed by atoms with van der Waals surface area (Å²) in [6.07, 6.45) is 0. The van der Waals surface area contributed by atoms with Crippen LogP contribution in [0.1, 0.15) is 10.4 Å². The van der Waals surface area contributed by atoms with E-state index in [4.69, 9.17) is 39.9 Å². The number of nitrogens with two attached hydrogens (primary N) is 1. The Balaban J connectivity index is 0.000000770. The number of carbonyl (C=O) groups excluding carboxylic acids is 1. The van der Waals surface area contributed by atoms with Crippen LogP contribution in [0, 0.1) is 0 Å². The van der Waals surface area contributed by atoms with Crippen molar-refractivity contribution in [3.05, 3.63) is 22.7 Å². The van der Waals surface area contributed by atoms with Crippen LogP contribution in [0.3, 0.4) is 0 Å². The van der Waals surface area contributed by atoms with Crippen molar-refractivity contribution in [1.29, 1.82) is 0 Å². The van der Waals surface area contributed by atoms with Gasteiger partial charge in [0.15, 0.2) is 0 Å². The van der Waals surface area contributed by atoms with Gasteiger partial charge in [-0.1, -0.05) is 11.6 Å². The number of hydrogen-bond acceptors (Lipinski definition) is 4. The second kappa shape index (κ2) is 8.96. The van der Waals surface area contributed by atoms with Crippen molar-refractivity contribution >= 4 is 60.0 Å². The van der Waals surface area contributed by atoms with Gasteiger partial charge in [-0.2, -0.15) is 0 Å². The molecule has 2 N–H and O–H groups in total. The molecule has 0 bridgehead atoms. The van der Waals surface area contributed by atoms with Crippen LogP contribution in [-0.4, -0.2) is 39.1 Å². The molecule has 8 heteroatoms. The molecule has 0 unspecified atom stereocenters. The van der Waals surface area contributed by atoms with Crippen molar-refractivity contribution in [2.45, 2.75) is 0 Å². The summed E-state index contributed by atoms with van der Waals surface area (Å²) in [5.74, 6) is -0.0907. The Morgan fingerprint density at radius 3 is 2.29 bits per heavy atom. The van der Waals surface area contributed by atoms with Gasteiger partial charge < -0.3 is 15.2 Å². The summed E-state index contributed by atoms with van der Waals surface area (Å²) in [7, 11) is 12.6. The Morgan fingerprint density at radius 2 is 1.88 bits per heavy atom. The molecule has 0 spiro atoms. The minimum atomic E-state index is -0.826. The van der Waals surface area contributed by atoms with E-state index in [0.29, 0.717) is 11.4 Å². The number of hydrogen-bond donors (Lipinski definition) is 1. The SMILES string of the molecule is COC(=O)c1cc(N)c(OC)cc1Cl.[Cl][Sn][Cl]. The number of rotatable bonds is 2. The van der Waals surface area contributed by atoms with E-state index in [0.717, 1.165) is 0 Å². The zero-order valence-corrected chi connectivity index (χ0v) is 14.2. The van der Waals surface area contributed by atoms with Crippen molar-refractivity contribution in [3.8, 4) is 5.75 Å². The Kier molecular flexibility index (Phi) is 8.94. The Labute approximate surface area is 122 Å². The Hall–Kier alpha value is -0.0413. The summed E-state index contributed by atoms with van der Waals surface area (Å²) in [5, 5.41) is 0.253. The van der Waals surface area contributed by atoms with Gasteiger partial charge in [-0.25, -0.2) is 4.79 Å². The number of carbonyl (C=O) groups is 1. The monoisotopic (exact) mass is 405 g/mol. The van der Waals surface area contributed by atoms with Gasteiger partial charge in [0.1, 0.15) is 5.75 Å². The van der Waals surface area contributed by atoms with E-state index in [2.05, 4.69) is 4.74 Å². The minimum absolute atomic E-state index is 0.229. The van der Waals surface area contributed by atoms with Crippen molar-refractivity contribution in [1.82, 2.24) is 0 Å². The number of esters is 1. The summed E-state index contributed by atoms with van der Waals surface area (Å²) in [6.45, 7) is 0. The molecule has 0 aliphatic carbocycles. The maximum absolute atomic E-state index is 11.2. The average Bonchev–Trinajstić information content (AvgIpc) is 2.31. The van der Waals surface area contributed by atoms with Gasteiger partial charge in [0.2, 0.25) is 0 Å². The number of anilines is 1. The van der Waals surface area contributed by atoms with Gasteiger partial charge in [-0.15, -0.1) is 0 Å². The van der Waals surface area contributed by atoms with Crippen molar-refractivity contribution < 1.29 is 14.3 Å². The van der Waals surface area contributed by atoms with E-state index in [1.165, 1.54) is 26.4 Å². The molecular formula is C9H10Cl3NO3Sn. The van der Waals surface area contributed by atoms with E-state index >= 15 is 0 Å².